The molecule has 3 N–H and O–H groups in total. The van der Waals surface area contributed by atoms with E-state index in [9.17, 15) is 0 Å². The third-order valence-corrected chi connectivity index (χ3v) is 3.63. The van der Waals surface area contributed by atoms with Crippen LogP contribution in [-0.4, -0.2) is 30.5 Å². The standard InChI is InChI=1S/C13H28N4/c1-5-8-15-12(16-14)17-9-6-11(7-10-17)13(2,3)4/h11H,5-10,14H2,1-4H3,(H,15,16). The van der Waals surface area contributed by atoms with E-state index in [1.54, 1.807) is 0 Å². The topological polar surface area (TPSA) is 53.6 Å². The Kier molecular flexibility index (Phi) is 5.25. The van der Waals surface area contributed by atoms with Gasteiger partial charge in [0.15, 0.2) is 0 Å². The molecular formula is C13H28N4. The third kappa shape index (κ3) is 4.19. The highest BCUT2D eigenvalue weighted by Crippen LogP contribution is 2.34. The van der Waals surface area contributed by atoms with Crippen molar-refractivity contribution < 1.29 is 0 Å². The lowest BCUT2D eigenvalue weighted by molar-refractivity contribution is 0.147. The van der Waals surface area contributed by atoms with Gasteiger partial charge in [-0.25, -0.2) is 5.84 Å². The molecule has 1 heterocycles. The van der Waals surface area contributed by atoms with Crippen molar-refractivity contribution in [3.63, 3.8) is 0 Å². The second kappa shape index (κ2) is 6.24. The van der Waals surface area contributed by atoms with Crippen molar-refractivity contribution in [2.24, 2.45) is 22.2 Å². The van der Waals surface area contributed by atoms with Gasteiger partial charge in [-0.3, -0.25) is 10.4 Å². The quantitative estimate of drug-likeness (QED) is 0.336. The minimum absolute atomic E-state index is 0.420. The highest BCUT2D eigenvalue weighted by atomic mass is 15.4. The molecule has 0 radical (unpaired) electrons. The first-order valence-electron chi connectivity index (χ1n) is 6.75. The van der Waals surface area contributed by atoms with Gasteiger partial charge in [0.05, 0.1) is 0 Å². The van der Waals surface area contributed by atoms with Gasteiger partial charge in [0.1, 0.15) is 0 Å². The first-order chi connectivity index (χ1) is 7.99. The molecule has 0 saturated carbocycles. The van der Waals surface area contributed by atoms with Crippen molar-refractivity contribution in [2.75, 3.05) is 19.6 Å². The van der Waals surface area contributed by atoms with E-state index in [0.717, 1.165) is 37.9 Å². The maximum atomic E-state index is 5.54. The van der Waals surface area contributed by atoms with Crippen molar-refractivity contribution in [3.8, 4) is 0 Å². The SMILES string of the molecule is CCCN=C(NN)N1CCC(C(C)(C)C)CC1. The van der Waals surface area contributed by atoms with Crippen LogP contribution in [0.15, 0.2) is 4.99 Å². The van der Waals surface area contributed by atoms with E-state index >= 15 is 0 Å². The minimum atomic E-state index is 0.420. The van der Waals surface area contributed by atoms with E-state index in [0.29, 0.717) is 5.41 Å². The Morgan fingerprint density at radius 1 is 1.35 bits per heavy atom. The normalized spacial score (nSPS) is 19.6. The van der Waals surface area contributed by atoms with Gasteiger partial charge in [0.2, 0.25) is 5.96 Å². The summed E-state index contributed by atoms with van der Waals surface area (Å²) >= 11 is 0. The van der Waals surface area contributed by atoms with Crippen molar-refractivity contribution in [1.82, 2.24) is 10.3 Å². The van der Waals surface area contributed by atoms with Crippen LogP contribution in [0.4, 0.5) is 0 Å². The van der Waals surface area contributed by atoms with Crippen LogP contribution in [0.2, 0.25) is 0 Å². The maximum Gasteiger partial charge on any atom is 0.208 e. The first kappa shape index (κ1) is 14.3. The fourth-order valence-corrected chi connectivity index (χ4v) is 2.41. The van der Waals surface area contributed by atoms with Crippen LogP contribution < -0.4 is 11.3 Å². The number of nitrogens with zero attached hydrogens (tertiary/aromatic N) is 2. The smallest absolute Gasteiger partial charge is 0.208 e. The fraction of sp³-hybridized carbons (Fsp3) is 0.923. The molecule has 0 bridgehead atoms. The van der Waals surface area contributed by atoms with Gasteiger partial charge in [0.25, 0.3) is 0 Å². The molecule has 1 rings (SSSR count). The number of aliphatic imine (C=N–C) groups is 1. The fourth-order valence-electron chi connectivity index (χ4n) is 2.41. The van der Waals surface area contributed by atoms with Crippen molar-refractivity contribution in [2.45, 2.75) is 47.0 Å². The van der Waals surface area contributed by atoms with Crippen molar-refractivity contribution in [1.29, 1.82) is 0 Å². The van der Waals surface area contributed by atoms with Gasteiger partial charge in [0, 0.05) is 19.6 Å². The zero-order valence-corrected chi connectivity index (χ0v) is 11.8. The van der Waals surface area contributed by atoms with Crippen LogP contribution in [0.3, 0.4) is 0 Å². The van der Waals surface area contributed by atoms with E-state index in [-0.39, 0.29) is 0 Å². The zero-order chi connectivity index (χ0) is 12.9. The molecule has 100 valence electrons. The molecule has 0 aromatic carbocycles. The number of hydrogen-bond acceptors (Lipinski definition) is 2. The molecule has 17 heavy (non-hydrogen) atoms. The van der Waals surface area contributed by atoms with Gasteiger partial charge in [-0.2, -0.15) is 0 Å². The van der Waals surface area contributed by atoms with Gasteiger partial charge in [-0.1, -0.05) is 27.7 Å². The Balaban J connectivity index is 2.50. The van der Waals surface area contributed by atoms with Gasteiger partial charge in [-0.15, -0.1) is 0 Å². The molecule has 1 aliphatic heterocycles. The minimum Gasteiger partial charge on any atom is -0.342 e. The Hall–Kier alpha value is -0.770. The van der Waals surface area contributed by atoms with Gasteiger partial charge < -0.3 is 4.90 Å². The summed E-state index contributed by atoms with van der Waals surface area (Å²) in [5.41, 5.74) is 3.16. The highest BCUT2D eigenvalue weighted by Gasteiger charge is 2.29. The molecule has 4 nitrogen and oxygen atoms in total. The molecule has 1 saturated heterocycles. The number of rotatable bonds is 2. The third-order valence-electron chi connectivity index (χ3n) is 3.63. The number of hydrazine groups is 1. The van der Waals surface area contributed by atoms with Crippen molar-refractivity contribution in [3.05, 3.63) is 0 Å². The lowest BCUT2D eigenvalue weighted by atomic mass is 9.75. The van der Waals surface area contributed by atoms with Crippen LogP contribution >= 0.6 is 0 Å². The molecule has 0 atom stereocenters. The highest BCUT2D eigenvalue weighted by molar-refractivity contribution is 5.79. The number of hydrogen-bond donors (Lipinski definition) is 2. The van der Waals surface area contributed by atoms with Gasteiger partial charge in [-0.05, 0) is 30.6 Å². The molecule has 0 aromatic rings. The molecule has 1 fully saturated rings. The second-order valence-corrected chi connectivity index (χ2v) is 5.98. The molecule has 0 aliphatic carbocycles. The Morgan fingerprint density at radius 2 is 1.94 bits per heavy atom. The molecule has 4 heteroatoms. The summed E-state index contributed by atoms with van der Waals surface area (Å²) in [6.07, 6.45) is 3.52. The molecule has 1 aliphatic rings. The van der Waals surface area contributed by atoms with Gasteiger partial charge >= 0.3 is 0 Å². The van der Waals surface area contributed by atoms with Crippen LogP contribution in [-0.2, 0) is 0 Å². The summed E-state index contributed by atoms with van der Waals surface area (Å²) in [5.74, 6) is 7.21. The summed E-state index contributed by atoms with van der Waals surface area (Å²) in [4.78, 5) is 6.75. The summed E-state index contributed by atoms with van der Waals surface area (Å²) in [5, 5.41) is 0. The largest absolute Gasteiger partial charge is 0.342 e. The molecule has 0 amide bonds. The van der Waals surface area contributed by atoms with E-state index < -0.39 is 0 Å². The average molecular weight is 240 g/mol. The Morgan fingerprint density at radius 3 is 2.35 bits per heavy atom. The number of nitrogens with one attached hydrogen (secondary N) is 1. The molecule has 0 spiro atoms. The Labute approximate surface area is 106 Å². The number of guanidine groups is 1. The molecule has 0 unspecified atom stereocenters. The van der Waals surface area contributed by atoms with Crippen LogP contribution in [0.1, 0.15) is 47.0 Å². The predicted molar refractivity (Wildman–Crippen MR) is 73.7 cm³/mol. The summed E-state index contributed by atoms with van der Waals surface area (Å²) < 4.78 is 0. The monoisotopic (exact) mass is 240 g/mol. The number of nitrogens with two attached hydrogens (primary N) is 1. The summed E-state index contributed by atoms with van der Waals surface area (Å²) in [6.45, 7) is 12.1. The summed E-state index contributed by atoms with van der Waals surface area (Å²) in [6, 6.07) is 0. The van der Waals surface area contributed by atoms with Crippen molar-refractivity contribution >= 4 is 5.96 Å². The first-order valence-corrected chi connectivity index (χ1v) is 6.75. The predicted octanol–water partition coefficient (Wildman–Crippen LogP) is 1.97. The Bertz CT molecular complexity index is 247. The number of likely N-dealkylation sites (tertiary alicyclic amines) is 1. The zero-order valence-electron chi connectivity index (χ0n) is 11.8. The second-order valence-electron chi connectivity index (χ2n) is 5.98. The molecule has 0 aromatic heterocycles. The lowest BCUT2D eigenvalue weighted by Gasteiger charge is -2.39. The summed E-state index contributed by atoms with van der Waals surface area (Å²) in [7, 11) is 0. The molecular weight excluding hydrogens is 212 g/mol. The number of piperidine rings is 1. The van der Waals surface area contributed by atoms with E-state index in [4.69, 9.17) is 5.84 Å². The van der Waals surface area contributed by atoms with E-state index in [1.807, 2.05) is 0 Å². The van der Waals surface area contributed by atoms with Crippen LogP contribution in [0.25, 0.3) is 0 Å². The van der Waals surface area contributed by atoms with E-state index in [1.165, 1.54) is 12.8 Å². The van der Waals surface area contributed by atoms with Crippen LogP contribution in [0, 0.1) is 11.3 Å². The van der Waals surface area contributed by atoms with E-state index in [2.05, 4.69) is 43.0 Å². The maximum absolute atomic E-state index is 5.54. The average Bonchev–Trinajstić information content (AvgIpc) is 2.29. The van der Waals surface area contributed by atoms with Crippen LogP contribution in [0.5, 0.6) is 0 Å². The lowest BCUT2D eigenvalue weighted by Crippen LogP contribution is -2.49.